The van der Waals surface area contributed by atoms with Crippen molar-refractivity contribution in [2.45, 2.75) is 23.5 Å². The molecule has 1 amide bonds. The average Bonchev–Trinajstić information content (AvgIpc) is 2.64. The van der Waals surface area contributed by atoms with E-state index in [9.17, 15) is 42.7 Å². The molecule has 4 nitrogen and oxygen atoms in total. The molecule has 32 heavy (non-hydrogen) atoms. The molecule has 1 N–H and O–H groups in total. The van der Waals surface area contributed by atoms with Gasteiger partial charge in [0.15, 0.2) is 5.54 Å². The smallest absolute Gasteiger partial charge is 0.420 e. The van der Waals surface area contributed by atoms with Crippen LogP contribution < -0.4 is 10.1 Å². The maximum Gasteiger partial charge on any atom is 0.420 e. The van der Waals surface area contributed by atoms with Gasteiger partial charge < -0.3 is 10.1 Å². The van der Waals surface area contributed by atoms with Crippen LogP contribution in [0.2, 0.25) is 0 Å². The number of nitriles is 1. The summed E-state index contributed by atoms with van der Waals surface area (Å²) in [6, 6.07) is 5.63. The van der Waals surface area contributed by atoms with Crippen LogP contribution in [-0.4, -0.2) is 18.1 Å². The first-order valence-corrected chi connectivity index (χ1v) is 11.1. The number of amides is 1. The van der Waals surface area contributed by atoms with Crippen molar-refractivity contribution in [1.82, 2.24) is 5.32 Å². The van der Waals surface area contributed by atoms with Crippen molar-refractivity contribution in [3.05, 3.63) is 58.1 Å². The molecule has 2 aromatic rings. The van der Waals surface area contributed by atoms with E-state index in [1.807, 2.05) is 0 Å². The van der Waals surface area contributed by atoms with Gasteiger partial charge in [0.05, 0.1) is 11.6 Å². The number of hydrogen-bond donors (Lipinski definition) is 1. The quantitative estimate of drug-likeness (QED) is 0.385. The van der Waals surface area contributed by atoms with Gasteiger partial charge in [-0.1, -0.05) is 35.4 Å². The minimum absolute atomic E-state index is 0.0219. The Bertz CT molecular complexity index is 1080. The lowest BCUT2D eigenvalue weighted by Crippen LogP contribution is -2.49. The number of hydrogen-bond acceptors (Lipinski definition) is 3. The fraction of sp³-hybridized carbons (Fsp3) is 0.222. The minimum atomic E-state index is -9.93. The van der Waals surface area contributed by atoms with E-state index in [-0.39, 0.29) is 16.6 Å². The summed E-state index contributed by atoms with van der Waals surface area (Å²) >= 11 is 2.90. The van der Waals surface area contributed by atoms with Gasteiger partial charge in [-0.25, -0.2) is 0 Å². The zero-order valence-electron chi connectivity index (χ0n) is 15.8. The van der Waals surface area contributed by atoms with E-state index < -0.39 is 56.2 Å². The maximum absolute atomic E-state index is 13.2. The molecule has 0 fully saturated rings. The predicted octanol–water partition coefficient (Wildman–Crippen LogP) is 7.22. The molecular formula is C18H13BrF8N2O2S. The SMILES string of the molecule is CC(C#N)(COc1ccc(Br)cc1C(F)(F)F)NC(=O)c1ccc(S(F)(F)(F)(F)F)cc1. The van der Waals surface area contributed by atoms with E-state index in [1.165, 1.54) is 6.07 Å². The predicted molar refractivity (Wildman–Crippen MR) is 104 cm³/mol. The van der Waals surface area contributed by atoms with Crippen molar-refractivity contribution >= 4 is 32.1 Å². The van der Waals surface area contributed by atoms with Gasteiger partial charge >= 0.3 is 16.4 Å². The highest BCUT2D eigenvalue weighted by Crippen LogP contribution is 3.02. The molecule has 2 aromatic carbocycles. The Morgan fingerprint density at radius 1 is 1.09 bits per heavy atom. The summed E-state index contributed by atoms with van der Waals surface area (Å²) in [7, 11) is -9.93. The normalized spacial score (nSPS) is 16.2. The van der Waals surface area contributed by atoms with Gasteiger partial charge in [-0.15, -0.1) is 0 Å². The second-order valence-electron chi connectivity index (χ2n) is 6.82. The van der Waals surface area contributed by atoms with Crippen molar-refractivity contribution in [3.63, 3.8) is 0 Å². The van der Waals surface area contributed by atoms with E-state index in [2.05, 4.69) is 21.2 Å². The van der Waals surface area contributed by atoms with E-state index in [0.717, 1.165) is 19.1 Å². The van der Waals surface area contributed by atoms with Crippen molar-refractivity contribution in [2.75, 3.05) is 6.61 Å². The molecule has 0 radical (unpaired) electrons. The Balaban J connectivity index is 2.20. The number of halogens is 9. The van der Waals surface area contributed by atoms with E-state index in [4.69, 9.17) is 4.74 Å². The van der Waals surface area contributed by atoms with Gasteiger partial charge in [-0.3, -0.25) is 4.79 Å². The van der Waals surface area contributed by atoms with Crippen LogP contribution in [0.5, 0.6) is 5.75 Å². The van der Waals surface area contributed by atoms with Crippen LogP contribution in [0.25, 0.3) is 0 Å². The van der Waals surface area contributed by atoms with Gasteiger partial charge in [0.2, 0.25) is 0 Å². The third-order valence-corrected chi connectivity index (χ3v) is 5.62. The topological polar surface area (TPSA) is 62.1 Å². The largest absolute Gasteiger partial charge is 0.489 e. The first-order valence-electron chi connectivity index (χ1n) is 8.32. The molecule has 14 heteroatoms. The number of nitrogens with one attached hydrogen (secondary N) is 1. The van der Waals surface area contributed by atoms with E-state index in [1.54, 1.807) is 6.07 Å². The number of carbonyl (C=O) groups is 1. The van der Waals surface area contributed by atoms with Crippen LogP contribution in [-0.2, 0) is 6.18 Å². The molecule has 0 aliphatic carbocycles. The van der Waals surface area contributed by atoms with Gasteiger partial charge in [0.1, 0.15) is 17.3 Å². The van der Waals surface area contributed by atoms with Crippen molar-refractivity contribution in [1.29, 1.82) is 5.26 Å². The molecular weight excluding hydrogens is 540 g/mol. The molecule has 0 aliphatic heterocycles. The number of ether oxygens (including phenoxy) is 1. The number of benzene rings is 2. The third kappa shape index (κ3) is 6.49. The summed E-state index contributed by atoms with van der Waals surface area (Å²) in [4.78, 5) is 10.1. The van der Waals surface area contributed by atoms with Crippen LogP contribution in [0.4, 0.5) is 32.6 Å². The third-order valence-electron chi connectivity index (χ3n) is 3.96. The number of rotatable bonds is 6. The molecule has 0 bridgehead atoms. The molecule has 0 aromatic heterocycles. The molecule has 0 aliphatic rings. The highest BCUT2D eigenvalue weighted by atomic mass is 79.9. The minimum Gasteiger partial charge on any atom is -0.489 e. The Labute approximate surface area is 185 Å². The molecule has 1 atom stereocenters. The van der Waals surface area contributed by atoms with Gasteiger partial charge in [-0.2, -0.15) is 18.4 Å². The Hall–Kier alpha value is -2.53. The lowest BCUT2D eigenvalue weighted by atomic mass is 10.0. The average molecular weight is 553 g/mol. The summed E-state index contributed by atoms with van der Waals surface area (Å²) in [5.41, 5.74) is -3.55. The first kappa shape index (κ1) is 25.7. The summed E-state index contributed by atoms with van der Waals surface area (Å²) in [5, 5.41) is 11.4. The zero-order chi connectivity index (χ0) is 24.7. The van der Waals surface area contributed by atoms with Gasteiger partial charge in [0.25, 0.3) is 5.91 Å². The monoisotopic (exact) mass is 552 g/mol. The van der Waals surface area contributed by atoms with Crippen LogP contribution in [0.15, 0.2) is 51.8 Å². The van der Waals surface area contributed by atoms with Crippen LogP contribution in [0.3, 0.4) is 0 Å². The molecule has 0 saturated carbocycles. The fourth-order valence-corrected chi connectivity index (χ4v) is 3.37. The van der Waals surface area contributed by atoms with Crippen LogP contribution in [0, 0.1) is 11.3 Å². The van der Waals surface area contributed by atoms with Crippen molar-refractivity contribution < 1.29 is 42.1 Å². The Kier molecular flexibility index (Phi) is 6.04. The highest BCUT2D eigenvalue weighted by Gasteiger charge is 2.65. The highest BCUT2D eigenvalue weighted by molar-refractivity contribution is 9.10. The number of alkyl halides is 3. The molecule has 176 valence electrons. The molecule has 0 saturated heterocycles. The lowest BCUT2D eigenvalue weighted by Gasteiger charge is -2.40. The Morgan fingerprint density at radius 2 is 1.66 bits per heavy atom. The Morgan fingerprint density at radius 3 is 2.12 bits per heavy atom. The van der Waals surface area contributed by atoms with Crippen LogP contribution >= 0.6 is 26.2 Å². The standard InChI is InChI=1S/C18H13BrF8N2O2S/c1-17(9-28,10-31-15-7-4-12(19)8-14(15)18(20,21)22)29-16(30)11-2-5-13(6-3-11)32(23,24,25,26)27/h2-8H,10H2,1H3,(H,29,30). The molecule has 2 rings (SSSR count). The van der Waals surface area contributed by atoms with E-state index >= 15 is 0 Å². The van der Waals surface area contributed by atoms with Crippen molar-refractivity contribution in [3.8, 4) is 11.8 Å². The van der Waals surface area contributed by atoms with Gasteiger partial charge in [-0.05, 0) is 49.4 Å². The fourth-order valence-electron chi connectivity index (χ4n) is 2.35. The van der Waals surface area contributed by atoms with Gasteiger partial charge in [0, 0.05) is 10.0 Å². The maximum atomic E-state index is 13.2. The molecule has 1 unspecified atom stereocenters. The number of carbonyl (C=O) groups excluding carboxylic acids is 1. The number of nitrogens with zero attached hydrogens (tertiary/aromatic N) is 1. The summed E-state index contributed by atoms with van der Waals surface area (Å²) in [6.45, 7) is 0.337. The molecule has 0 spiro atoms. The summed E-state index contributed by atoms with van der Waals surface area (Å²) in [6.07, 6.45) is -4.78. The summed E-state index contributed by atoms with van der Waals surface area (Å²) in [5.74, 6) is -1.75. The van der Waals surface area contributed by atoms with Crippen molar-refractivity contribution in [2.24, 2.45) is 0 Å². The first-order chi connectivity index (χ1) is 14.2. The second-order valence-corrected chi connectivity index (χ2v) is 10.1. The second kappa shape index (κ2) is 7.51. The van der Waals surface area contributed by atoms with E-state index in [0.29, 0.717) is 12.1 Å². The zero-order valence-corrected chi connectivity index (χ0v) is 18.2. The van der Waals surface area contributed by atoms with Crippen LogP contribution in [0.1, 0.15) is 22.8 Å². The lowest BCUT2D eigenvalue weighted by molar-refractivity contribution is -0.139. The summed E-state index contributed by atoms with van der Waals surface area (Å²) < 4.78 is 109. The molecule has 0 heterocycles.